The lowest BCUT2D eigenvalue weighted by Crippen LogP contribution is -2.28. The molecule has 0 spiro atoms. The minimum Gasteiger partial charge on any atom is -0.308 e. The molecule has 3 rings (SSSR count). The number of sulfone groups is 1. The second-order valence-corrected chi connectivity index (χ2v) is 11.5. The molecule has 2 heterocycles. The SMILES string of the molecule is CC(C)c1nc(N(C)S(C)(=O)=O)nc(-c2ccc(F)cc2)c1CS(=O)(=O)c1nncn1C. The molecule has 0 radical (unpaired) electrons. The molecule has 0 saturated heterocycles. The van der Waals surface area contributed by atoms with Gasteiger partial charge < -0.3 is 4.57 Å². The van der Waals surface area contributed by atoms with E-state index in [0.717, 1.165) is 10.6 Å². The Kier molecular flexibility index (Phi) is 6.33. The van der Waals surface area contributed by atoms with Gasteiger partial charge >= 0.3 is 0 Å². The van der Waals surface area contributed by atoms with Crippen LogP contribution >= 0.6 is 0 Å². The fourth-order valence-electron chi connectivity index (χ4n) is 3.05. The zero-order valence-corrected chi connectivity index (χ0v) is 19.8. The molecule has 1 aromatic carbocycles. The number of aryl methyl sites for hydroxylation is 1. The second kappa shape index (κ2) is 8.54. The smallest absolute Gasteiger partial charge is 0.249 e. The van der Waals surface area contributed by atoms with Crippen molar-refractivity contribution in [2.24, 2.45) is 7.05 Å². The van der Waals surface area contributed by atoms with Crippen LogP contribution in [-0.2, 0) is 32.7 Å². The summed E-state index contributed by atoms with van der Waals surface area (Å²) in [6, 6.07) is 5.33. The first-order valence-corrected chi connectivity index (χ1v) is 13.0. The van der Waals surface area contributed by atoms with E-state index in [4.69, 9.17) is 0 Å². The molecule has 172 valence electrons. The number of nitrogens with zero attached hydrogens (tertiary/aromatic N) is 6. The molecule has 0 bridgehead atoms. The lowest BCUT2D eigenvalue weighted by atomic mass is 9.99. The number of hydrogen-bond acceptors (Lipinski definition) is 8. The molecule has 0 aliphatic heterocycles. The highest BCUT2D eigenvalue weighted by Crippen LogP contribution is 2.32. The van der Waals surface area contributed by atoms with Crippen LogP contribution in [0.15, 0.2) is 35.7 Å². The monoisotopic (exact) mass is 482 g/mol. The van der Waals surface area contributed by atoms with E-state index < -0.39 is 31.4 Å². The van der Waals surface area contributed by atoms with Crippen molar-refractivity contribution in [1.82, 2.24) is 24.7 Å². The van der Waals surface area contributed by atoms with Crippen LogP contribution in [0.1, 0.15) is 31.0 Å². The van der Waals surface area contributed by atoms with E-state index in [9.17, 15) is 21.2 Å². The van der Waals surface area contributed by atoms with E-state index in [1.165, 1.54) is 49.3 Å². The van der Waals surface area contributed by atoms with Gasteiger partial charge in [-0.05, 0) is 30.2 Å². The highest BCUT2D eigenvalue weighted by molar-refractivity contribution is 7.92. The maximum atomic E-state index is 13.5. The van der Waals surface area contributed by atoms with Crippen LogP contribution in [0.5, 0.6) is 0 Å². The van der Waals surface area contributed by atoms with E-state index in [-0.39, 0.29) is 28.3 Å². The molecule has 0 atom stereocenters. The van der Waals surface area contributed by atoms with Crippen molar-refractivity contribution < 1.29 is 21.2 Å². The predicted molar refractivity (Wildman–Crippen MR) is 117 cm³/mol. The Morgan fingerprint density at radius 1 is 1.09 bits per heavy atom. The van der Waals surface area contributed by atoms with Crippen molar-refractivity contribution in [2.75, 3.05) is 17.6 Å². The standard InChI is InChI=1S/C19H23FN6O4S2/c1-12(2)16-15(10-32(29,30)19-24-21-11-25(19)3)17(13-6-8-14(20)9-7-13)23-18(22-16)26(4)31(5,27)28/h6-9,11-12H,10H2,1-5H3. The first-order chi connectivity index (χ1) is 14.8. The zero-order chi connectivity index (χ0) is 23.8. The molecule has 0 unspecified atom stereocenters. The maximum absolute atomic E-state index is 13.5. The van der Waals surface area contributed by atoms with Gasteiger partial charge in [0, 0.05) is 25.2 Å². The maximum Gasteiger partial charge on any atom is 0.249 e. The van der Waals surface area contributed by atoms with E-state index in [0.29, 0.717) is 11.3 Å². The van der Waals surface area contributed by atoms with Crippen molar-refractivity contribution in [3.63, 3.8) is 0 Å². The van der Waals surface area contributed by atoms with Crippen LogP contribution in [0, 0.1) is 5.82 Å². The Bertz CT molecular complexity index is 1350. The summed E-state index contributed by atoms with van der Waals surface area (Å²) in [6.45, 7) is 3.61. The third-order valence-corrected chi connectivity index (χ3v) is 7.51. The van der Waals surface area contributed by atoms with Gasteiger partial charge in [-0.25, -0.2) is 35.5 Å². The number of sulfonamides is 1. The van der Waals surface area contributed by atoms with E-state index in [2.05, 4.69) is 20.2 Å². The highest BCUT2D eigenvalue weighted by Gasteiger charge is 2.29. The summed E-state index contributed by atoms with van der Waals surface area (Å²) in [4.78, 5) is 8.76. The molecular formula is C19H23FN6O4S2. The third kappa shape index (κ3) is 4.78. The predicted octanol–water partition coefficient (Wildman–Crippen LogP) is 1.90. The van der Waals surface area contributed by atoms with Gasteiger partial charge in [-0.1, -0.05) is 13.8 Å². The molecule has 0 amide bonds. The summed E-state index contributed by atoms with van der Waals surface area (Å²) in [5.74, 6) is -1.36. The Morgan fingerprint density at radius 3 is 2.22 bits per heavy atom. The largest absolute Gasteiger partial charge is 0.308 e. The van der Waals surface area contributed by atoms with Gasteiger partial charge in [0.1, 0.15) is 12.1 Å². The lowest BCUT2D eigenvalue weighted by molar-refractivity contribution is 0.576. The topological polar surface area (TPSA) is 128 Å². The van der Waals surface area contributed by atoms with E-state index in [1.807, 2.05) is 0 Å². The average molecular weight is 483 g/mol. The van der Waals surface area contributed by atoms with Gasteiger partial charge in [0.15, 0.2) is 0 Å². The average Bonchev–Trinajstić information content (AvgIpc) is 3.14. The summed E-state index contributed by atoms with van der Waals surface area (Å²) < 4.78 is 66.2. The number of aromatic nitrogens is 5. The summed E-state index contributed by atoms with van der Waals surface area (Å²) in [7, 11) is -4.82. The zero-order valence-electron chi connectivity index (χ0n) is 18.2. The second-order valence-electron chi connectivity index (χ2n) is 7.61. The molecule has 32 heavy (non-hydrogen) atoms. The molecule has 0 aliphatic carbocycles. The van der Waals surface area contributed by atoms with Gasteiger partial charge in [0.25, 0.3) is 0 Å². The number of hydrogen-bond donors (Lipinski definition) is 0. The molecule has 3 aromatic rings. The van der Waals surface area contributed by atoms with Crippen molar-refractivity contribution in [3.05, 3.63) is 47.7 Å². The van der Waals surface area contributed by atoms with Gasteiger partial charge in [-0.2, -0.15) is 0 Å². The van der Waals surface area contributed by atoms with E-state index in [1.54, 1.807) is 13.8 Å². The van der Waals surface area contributed by atoms with Gasteiger partial charge in [0.05, 0.1) is 23.4 Å². The Hall–Kier alpha value is -2.93. The minimum atomic E-state index is -3.95. The molecule has 2 aromatic heterocycles. The molecule has 13 heteroatoms. The molecule has 10 nitrogen and oxygen atoms in total. The molecule has 0 aliphatic rings. The van der Waals surface area contributed by atoms with Gasteiger partial charge in [0.2, 0.25) is 31.0 Å². The molecular weight excluding hydrogens is 459 g/mol. The molecule has 0 fully saturated rings. The first-order valence-electron chi connectivity index (χ1n) is 9.48. The quantitative estimate of drug-likeness (QED) is 0.499. The Labute approximate surface area is 186 Å². The number of anilines is 1. The number of rotatable bonds is 7. The van der Waals surface area contributed by atoms with Crippen LogP contribution in [-0.4, -0.2) is 54.9 Å². The summed E-state index contributed by atoms with van der Waals surface area (Å²) in [5.41, 5.74) is 1.25. The van der Waals surface area contributed by atoms with E-state index >= 15 is 0 Å². The first kappa shape index (κ1) is 23.7. The number of halogens is 1. The van der Waals surface area contributed by atoms with Crippen molar-refractivity contribution in [1.29, 1.82) is 0 Å². The fourth-order valence-corrected chi connectivity index (χ4v) is 4.88. The number of benzene rings is 1. The molecule has 0 N–H and O–H groups in total. The highest BCUT2D eigenvalue weighted by atomic mass is 32.2. The Morgan fingerprint density at radius 2 is 1.72 bits per heavy atom. The van der Waals surface area contributed by atoms with Gasteiger partial charge in [-0.15, -0.1) is 10.2 Å². The summed E-state index contributed by atoms with van der Waals surface area (Å²) >= 11 is 0. The minimum absolute atomic E-state index is 0.115. The van der Waals surface area contributed by atoms with Crippen molar-refractivity contribution in [2.45, 2.75) is 30.7 Å². The normalized spacial score (nSPS) is 12.3. The van der Waals surface area contributed by atoms with Crippen LogP contribution in [0.25, 0.3) is 11.3 Å². The Balaban J connectivity index is 2.31. The molecule has 0 saturated carbocycles. The summed E-state index contributed by atoms with van der Waals surface area (Å²) in [5, 5.41) is 7.10. The van der Waals surface area contributed by atoms with Crippen LogP contribution < -0.4 is 4.31 Å². The van der Waals surface area contributed by atoms with Gasteiger partial charge in [-0.3, -0.25) is 0 Å². The third-order valence-electron chi connectivity index (χ3n) is 4.75. The van der Waals surface area contributed by atoms with Crippen LogP contribution in [0.2, 0.25) is 0 Å². The van der Waals surface area contributed by atoms with Crippen molar-refractivity contribution in [3.8, 4) is 11.3 Å². The van der Waals surface area contributed by atoms with Crippen LogP contribution in [0.4, 0.5) is 10.3 Å². The van der Waals surface area contributed by atoms with Crippen molar-refractivity contribution >= 4 is 25.8 Å². The van der Waals surface area contributed by atoms with Crippen LogP contribution in [0.3, 0.4) is 0 Å². The summed E-state index contributed by atoms with van der Waals surface area (Å²) in [6.07, 6.45) is 2.28. The lowest BCUT2D eigenvalue weighted by Gasteiger charge is -2.21. The fraction of sp³-hybridized carbons (Fsp3) is 0.368.